The normalized spacial score (nSPS) is 11.3. The van der Waals surface area contributed by atoms with Crippen molar-refractivity contribution >= 4 is 46.5 Å². The lowest BCUT2D eigenvalue weighted by Gasteiger charge is -2.16. The zero-order valence-corrected chi connectivity index (χ0v) is 22.9. The lowest BCUT2D eigenvalue weighted by molar-refractivity contribution is 0.363. The topological polar surface area (TPSA) is 97.9 Å². The van der Waals surface area contributed by atoms with Crippen molar-refractivity contribution in [2.45, 2.75) is 0 Å². The summed E-state index contributed by atoms with van der Waals surface area (Å²) in [6.07, 6.45) is 0. The number of nitrogens with one attached hydrogen (secondary N) is 1. The maximum atomic E-state index is 10.8. The molecule has 0 saturated carbocycles. The van der Waals surface area contributed by atoms with Crippen LogP contribution in [0, 0.1) is 0 Å². The first-order valence-corrected chi connectivity index (χ1v) is 13.7. The van der Waals surface area contributed by atoms with E-state index in [0.717, 1.165) is 38.8 Å². The molecule has 0 fully saturated rings. The van der Waals surface area contributed by atoms with Crippen LogP contribution in [-0.2, 0) is 0 Å². The number of fused-ring (bicyclic) bond motifs is 3. The molecule has 0 atom stereocenters. The minimum absolute atomic E-state index is 0.112. The molecule has 7 aromatic rings. The van der Waals surface area contributed by atoms with E-state index in [4.69, 9.17) is 7.85 Å². The summed E-state index contributed by atoms with van der Waals surface area (Å²) in [4.78, 5) is 0. The van der Waals surface area contributed by atoms with Crippen LogP contribution in [0.2, 0.25) is 0 Å². The molecule has 7 heteroatoms. The van der Waals surface area contributed by atoms with Crippen molar-refractivity contribution in [2.24, 2.45) is 0 Å². The maximum absolute atomic E-state index is 10.8. The van der Waals surface area contributed by atoms with Gasteiger partial charge in [0.25, 0.3) is 0 Å². The predicted octanol–water partition coefficient (Wildman–Crippen LogP) is 7.48. The van der Waals surface area contributed by atoms with Gasteiger partial charge in [0.1, 0.15) is 19.3 Å². The Morgan fingerprint density at radius 3 is 1.67 bits per heavy atom. The van der Waals surface area contributed by atoms with E-state index in [1.165, 1.54) is 5.56 Å². The van der Waals surface area contributed by atoms with Crippen molar-refractivity contribution in [3.05, 3.63) is 121 Å². The molecule has 43 heavy (non-hydrogen) atoms. The molecule has 7 rings (SSSR count). The molecule has 0 spiro atoms. The first kappa shape index (κ1) is 26.1. The Labute approximate surface area is 248 Å². The van der Waals surface area contributed by atoms with E-state index in [-0.39, 0.29) is 5.69 Å². The fourth-order valence-electron chi connectivity index (χ4n) is 5.60. The Morgan fingerprint density at radius 1 is 0.465 bits per heavy atom. The fourth-order valence-corrected chi connectivity index (χ4v) is 5.60. The van der Waals surface area contributed by atoms with Gasteiger partial charge in [-0.1, -0.05) is 78.9 Å². The van der Waals surface area contributed by atoms with Gasteiger partial charge in [-0.25, -0.2) is 0 Å². The van der Waals surface area contributed by atoms with Gasteiger partial charge in [0.05, 0.1) is 11.0 Å². The Morgan fingerprint density at radius 2 is 1.00 bits per heavy atom. The lowest BCUT2D eigenvalue weighted by atomic mass is 9.92. The molecule has 2 radical (unpaired) electrons. The van der Waals surface area contributed by atoms with Gasteiger partial charge in [0.15, 0.2) is 11.5 Å². The molecule has 0 aliphatic carbocycles. The highest BCUT2D eigenvalue weighted by Gasteiger charge is 2.25. The van der Waals surface area contributed by atoms with Gasteiger partial charge in [-0.3, -0.25) is 0 Å². The molecule has 0 aliphatic rings. The minimum Gasteiger partial charge on any atom is -0.506 e. The number of para-hydroxylation sites is 1. The first-order chi connectivity index (χ1) is 20.9. The molecule has 0 aliphatic heterocycles. The Bertz CT molecular complexity index is 2110. The molecule has 5 N–H and O–H groups in total. The zero-order valence-electron chi connectivity index (χ0n) is 22.9. The summed E-state index contributed by atoms with van der Waals surface area (Å²) in [7, 11) is 5.85. The van der Waals surface area contributed by atoms with Crippen LogP contribution in [0.1, 0.15) is 0 Å². The molecule has 6 aromatic carbocycles. The first-order valence-electron chi connectivity index (χ1n) is 13.7. The molecule has 206 valence electrons. The number of nitrogens with zero attached hydrogens (tertiary/aromatic N) is 1. The lowest BCUT2D eigenvalue weighted by Crippen LogP contribution is -2.08. The number of anilines is 2. The number of phenols is 4. The van der Waals surface area contributed by atoms with Crippen LogP contribution in [0.5, 0.6) is 23.0 Å². The van der Waals surface area contributed by atoms with E-state index < -0.39 is 28.5 Å². The average Bonchev–Trinajstić information content (AvgIpc) is 3.37. The molecule has 1 heterocycles. The summed E-state index contributed by atoms with van der Waals surface area (Å²) in [5.41, 5.74) is 7.12. The number of aromatic nitrogens is 1. The van der Waals surface area contributed by atoms with Gasteiger partial charge < -0.3 is 30.3 Å². The van der Waals surface area contributed by atoms with Crippen molar-refractivity contribution in [3.63, 3.8) is 0 Å². The molecule has 6 nitrogen and oxygen atoms in total. The second kappa shape index (κ2) is 10.2. The molecular weight excluding hydrogens is 535 g/mol. The standard InChI is InChI=1S/C36H25BN2O4/c37-31-33(40)32(35(42)36(43)34(31)41)39-29-9-5-4-8-27(29)28-20-24(14-19-30(28)39)23-12-17-26(18-13-23)38-25-15-10-22(11-16-25)21-6-2-1-3-7-21/h1-20,38,40-43H. The number of rotatable bonds is 5. The molecule has 1 aromatic heterocycles. The highest BCUT2D eigenvalue weighted by Crippen LogP contribution is 2.46. The summed E-state index contributed by atoms with van der Waals surface area (Å²) < 4.78 is 1.63. The van der Waals surface area contributed by atoms with Crippen LogP contribution in [0.25, 0.3) is 49.7 Å². The summed E-state index contributed by atoms with van der Waals surface area (Å²) in [6.45, 7) is 0. The summed E-state index contributed by atoms with van der Waals surface area (Å²) in [5.74, 6) is -2.77. The van der Waals surface area contributed by atoms with Crippen LogP contribution < -0.4 is 10.8 Å². The number of aromatic hydroxyl groups is 4. The van der Waals surface area contributed by atoms with E-state index in [1.54, 1.807) is 4.57 Å². The minimum atomic E-state index is -0.798. The second-order valence-electron chi connectivity index (χ2n) is 10.4. The molecule has 0 saturated heterocycles. The van der Waals surface area contributed by atoms with Gasteiger partial charge in [-0.2, -0.15) is 0 Å². The molecular formula is C36H25BN2O4. The van der Waals surface area contributed by atoms with Crippen LogP contribution in [0.15, 0.2) is 121 Å². The van der Waals surface area contributed by atoms with E-state index in [9.17, 15) is 20.4 Å². The third kappa shape index (κ3) is 4.39. The van der Waals surface area contributed by atoms with Crippen molar-refractivity contribution < 1.29 is 20.4 Å². The zero-order chi connectivity index (χ0) is 29.7. The Hall–Kier alpha value is -5.82. The van der Waals surface area contributed by atoms with Crippen molar-refractivity contribution in [1.82, 2.24) is 4.57 Å². The van der Waals surface area contributed by atoms with Crippen molar-refractivity contribution in [3.8, 4) is 50.9 Å². The molecule has 0 amide bonds. The maximum Gasteiger partial charge on any atom is 0.202 e. The highest BCUT2D eigenvalue weighted by atomic mass is 16.3. The van der Waals surface area contributed by atoms with E-state index in [2.05, 4.69) is 59.9 Å². The third-order valence-electron chi connectivity index (χ3n) is 7.80. The summed E-state index contributed by atoms with van der Waals surface area (Å²) in [5, 5.41) is 47.1. The van der Waals surface area contributed by atoms with Gasteiger partial charge >= 0.3 is 0 Å². The number of hydrogen-bond acceptors (Lipinski definition) is 5. The average molecular weight is 560 g/mol. The van der Waals surface area contributed by atoms with Gasteiger partial charge in [0.2, 0.25) is 5.75 Å². The highest BCUT2D eigenvalue weighted by molar-refractivity contribution is 6.37. The molecule has 0 unspecified atom stereocenters. The summed E-state index contributed by atoms with van der Waals surface area (Å²) in [6, 6.07) is 40.2. The molecule has 0 bridgehead atoms. The van der Waals surface area contributed by atoms with E-state index in [0.29, 0.717) is 11.0 Å². The largest absolute Gasteiger partial charge is 0.506 e. The van der Waals surface area contributed by atoms with Gasteiger partial charge in [-0.15, -0.1) is 0 Å². The van der Waals surface area contributed by atoms with Crippen LogP contribution >= 0.6 is 0 Å². The van der Waals surface area contributed by atoms with Crippen LogP contribution in [0.4, 0.5) is 11.4 Å². The number of hydrogen-bond donors (Lipinski definition) is 5. The van der Waals surface area contributed by atoms with Gasteiger partial charge in [0, 0.05) is 22.1 Å². The number of benzene rings is 6. The Balaban J connectivity index is 1.23. The quantitative estimate of drug-likeness (QED) is 0.0855. The van der Waals surface area contributed by atoms with E-state index >= 15 is 0 Å². The van der Waals surface area contributed by atoms with Crippen LogP contribution in [0.3, 0.4) is 0 Å². The Kier molecular flexibility index (Phi) is 6.21. The smallest absolute Gasteiger partial charge is 0.202 e. The SMILES string of the molecule is [B]c1c(O)c(O)c(O)c(-n2c3ccccc3c3cc(-c4ccc(Nc5ccc(-c6ccccc6)cc5)cc4)ccc32)c1O. The van der Waals surface area contributed by atoms with Crippen molar-refractivity contribution in [1.29, 1.82) is 0 Å². The summed E-state index contributed by atoms with van der Waals surface area (Å²) >= 11 is 0. The third-order valence-corrected chi connectivity index (χ3v) is 7.80. The van der Waals surface area contributed by atoms with Gasteiger partial charge in [-0.05, 0) is 70.2 Å². The number of phenolic OH excluding ortho intramolecular Hbond substituents is 4. The second-order valence-corrected chi connectivity index (χ2v) is 10.4. The predicted molar refractivity (Wildman–Crippen MR) is 173 cm³/mol. The van der Waals surface area contributed by atoms with Crippen molar-refractivity contribution in [2.75, 3.05) is 5.32 Å². The van der Waals surface area contributed by atoms with E-state index in [1.807, 2.05) is 66.7 Å². The fraction of sp³-hybridized carbons (Fsp3) is 0. The van der Waals surface area contributed by atoms with Crippen LogP contribution in [-0.4, -0.2) is 32.8 Å². The monoisotopic (exact) mass is 560 g/mol.